The van der Waals surface area contributed by atoms with Gasteiger partial charge in [0, 0.05) is 23.0 Å². The van der Waals surface area contributed by atoms with Crippen LogP contribution in [0.25, 0.3) is 33.4 Å². The van der Waals surface area contributed by atoms with Crippen LogP contribution in [0.2, 0.25) is 0 Å². The molecule has 0 unspecified atom stereocenters. The normalized spacial score (nSPS) is 11.2. The second-order valence-corrected chi connectivity index (χ2v) is 6.87. The molecule has 2 N–H and O–H groups in total. The maximum atomic E-state index is 12.5. The van der Waals surface area contributed by atoms with Gasteiger partial charge in [0.15, 0.2) is 0 Å². The van der Waals surface area contributed by atoms with Crippen LogP contribution in [0.1, 0.15) is 5.56 Å². The maximum Gasteiger partial charge on any atom is 0.273 e. The number of rotatable bonds is 4. The van der Waals surface area contributed by atoms with Crippen LogP contribution in [0.3, 0.4) is 0 Å². The van der Waals surface area contributed by atoms with Crippen molar-refractivity contribution in [2.24, 2.45) is 0 Å². The van der Waals surface area contributed by atoms with E-state index in [1.165, 1.54) is 0 Å². The Bertz CT molecular complexity index is 1370. The van der Waals surface area contributed by atoms with E-state index < -0.39 is 0 Å². The van der Waals surface area contributed by atoms with Gasteiger partial charge >= 0.3 is 0 Å². The molecule has 0 aliphatic rings. The van der Waals surface area contributed by atoms with Crippen LogP contribution in [0, 0.1) is 0 Å². The van der Waals surface area contributed by atoms with E-state index >= 15 is 0 Å². The highest BCUT2D eigenvalue weighted by Crippen LogP contribution is 2.22. The molecular weight excluding hydrogens is 361 g/mol. The van der Waals surface area contributed by atoms with Crippen LogP contribution in [-0.2, 0) is 6.54 Å². The summed E-state index contributed by atoms with van der Waals surface area (Å²) in [6, 6.07) is 19.5. The van der Waals surface area contributed by atoms with Crippen LogP contribution in [-0.4, -0.2) is 32.8 Å². The van der Waals surface area contributed by atoms with Crippen molar-refractivity contribution in [2.45, 2.75) is 6.54 Å². The first-order chi connectivity index (χ1) is 14.2. The first-order valence-electron chi connectivity index (χ1n) is 9.22. The number of hydrogen-bond donors (Lipinski definition) is 2. The molecule has 3 aromatic heterocycles. The Kier molecular flexibility index (Phi) is 4.13. The van der Waals surface area contributed by atoms with Gasteiger partial charge < -0.3 is 4.98 Å². The largest absolute Gasteiger partial charge is 0.355 e. The summed E-state index contributed by atoms with van der Waals surface area (Å²) in [6.07, 6.45) is 3.65. The highest BCUT2D eigenvalue weighted by Gasteiger charge is 2.14. The molecular formula is C22H16BN5O. The van der Waals surface area contributed by atoms with Crippen LogP contribution in [0.4, 0.5) is 0 Å². The van der Waals surface area contributed by atoms with Gasteiger partial charge in [-0.05, 0) is 23.1 Å². The molecule has 29 heavy (non-hydrogen) atoms. The molecule has 138 valence electrons. The van der Waals surface area contributed by atoms with E-state index in [0.29, 0.717) is 29.0 Å². The average Bonchev–Trinajstić information content (AvgIpc) is 3.34. The van der Waals surface area contributed by atoms with E-state index in [9.17, 15) is 4.79 Å². The lowest BCUT2D eigenvalue weighted by Crippen LogP contribution is -2.15. The Balaban J connectivity index is 1.53. The van der Waals surface area contributed by atoms with E-state index in [1.54, 1.807) is 12.3 Å². The molecule has 0 atom stereocenters. The third kappa shape index (κ3) is 3.16. The number of aromatic amines is 2. The van der Waals surface area contributed by atoms with Crippen LogP contribution < -0.4 is 11.0 Å². The fraction of sp³-hybridized carbons (Fsp3) is 0.0455. The minimum absolute atomic E-state index is 0.302. The van der Waals surface area contributed by atoms with Gasteiger partial charge in [0.1, 0.15) is 7.85 Å². The van der Waals surface area contributed by atoms with Crippen molar-refractivity contribution in [2.75, 3.05) is 0 Å². The molecule has 0 amide bonds. The van der Waals surface area contributed by atoms with Gasteiger partial charge in [-0.2, -0.15) is 10.2 Å². The van der Waals surface area contributed by atoms with E-state index in [2.05, 4.69) is 32.4 Å². The smallest absolute Gasteiger partial charge is 0.273 e. The lowest BCUT2D eigenvalue weighted by molar-refractivity contribution is 0.687. The zero-order valence-electron chi connectivity index (χ0n) is 15.5. The molecule has 0 bridgehead atoms. The molecule has 0 saturated carbocycles. The van der Waals surface area contributed by atoms with Crippen LogP contribution in [0.5, 0.6) is 0 Å². The first-order valence-corrected chi connectivity index (χ1v) is 9.22. The van der Waals surface area contributed by atoms with Gasteiger partial charge in [0.05, 0.1) is 24.0 Å². The van der Waals surface area contributed by atoms with E-state index in [0.717, 1.165) is 22.0 Å². The van der Waals surface area contributed by atoms with Gasteiger partial charge in [-0.3, -0.25) is 9.48 Å². The minimum Gasteiger partial charge on any atom is -0.355 e. The Morgan fingerprint density at radius 2 is 1.83 bits per heavy atom. The molecule has 0 aliphatic heterocycles. The fourth-order valence-corrected chi connectivity index (χ4v) is 3.47. The van der Waals surface area contributed by atoms with E-state index in [1.807, 2.05) is 53.3 Å². The number of para-hydroxylation sites is 1. The van der Waals surface area contributed by atoms with Crippen molar-refractivity contribution in [3.8, 4) is 22.5 Å². The Morgan fingerprint density at radius 1 is 1.03 bits per heavy atom. The summed E-state index contributed by atoms with van der Waals surface area (Å²) in [5, 5.41) is 12.1. The maximum absolute atomic E-state index is 12.5. The topological polar surface area (TPSA) is 79.4 Å². The van der Waals surface area contributed by atoms with E-state index in [4.69, 9.17) is 7.85 Å². The van der Waals surface area contributed by atoms with Gasteiger partial charge in [-0.15, -0.1) is 0 Å². The molecule has 7 heteroatoms. The Morgan fingerprint density at radius 3 is 2.66 bits per heavy atom. The molecule has 0 spiro atoms. The molecule has 0 saturated heterocycles. The fourth-order valence-electron chi connectivity index (χ4n) is 3.47. The molecule has 0 fully saturated rings. The van der Waals surface area contributed by atoms with Gasteiger partial charge in [-0.25, -0.2) is 5.10 Å². The quantitative estimate of drug-likeness (QED) is 0.473. The number of nitrogens with zero attached hydrogens (tertiary/aromatic N) is 3. The molecule has 0 aliphatic carbocycles. The van der Waals surface area contributed by atoms with Crippen molar-refractivity contribution in [1.82, 2.24) is 25.0 Å². The summed E-state index contributed by atoms with van der Waals surface area (Å²) in [6.45, 7) is 0.659. The zero-order valence-corrected chi connectivity index (χ0v) is 15.5. The van der Waals surface area contributed by atoms with Crippen molar-refractivity contribution >= 4 is 24.2 Å². The van der Waals surface area contributed by atoms with E-state index in [-0.39, 0.29) is 5.56 Å². The Hall–Kier alpha value is -3.87. The monoisotopic (exact) mass is 377 g/mol. The number of fused-ring (bicyclic) bond motifs is 1. The van der Waals surface area contributed by atoms with Gasteiger partial charge in [0.25, 0.3) is 5.56 Å². The van der Waals surface area contributed by atoms with Crippen molar-refractivity contribution in [3.05, 3.63) is 89.0 Å². The number of hydrogen-bond acceptors (Lipinski definition) is 3. The number of aromatic nitrogens is 5. The number of benzene rings is 2. The van der Waals surface area contributed by atoms with Gasteiger partial charge in [-0.1, -0.05) is 54.0 Å². The lowest BCUT2D eigenvalue weighted by atomic mass is 9.90. The molecule has 2 aromatic carbocycles. The van der Waals surface area contributed by atoms with Crippen LogP contribution >= 0.6 is 0 Å². The third-order valence-electron chi connectivity index (χ3n) is 4.94. The van der Waals surface area contributed by atoms with Crippen molar-refractivity contribution in [3.63, 3.8) is 0 Å². The second kappa shape index (κ2) is 6.94. The summed E-state index contributed by atoms with van der Waals surface area (Å²) in [7, 11) is 6.30. The molecule has 6 nitrogen and oxygen atoms in total. The summed E-state index contributed by atoms with van der Waals surface area (Å²) in [5.74, 6) is 0. The highest BCUT2D eigenvalue weighted by molar-refractivity contribution is 6.42. The SMILES string of the molecule is [B]c1c(-c2cc(-c3cnn(Cc4ccccc4)c3)n[nH]c2=O)[nH]c2ccccc12. The molecule has 5 aromatic rings. The Labute approximate surface area is 167 Å². The molecule has 5 rings (SSSR count). The average molecular weight is 377 g/mol. The number of H-pyrrole nitrogens is 2. The van der Waals surface area contributed by atoms with Gasteiger partial charge in [0.2, 0.25) is 0 Å². The standard InChI is InChI=1S/C22H16BN5O/c23-20-16-8-4-5-9-18(16)25-21(20)17-10-19(26-27-22(17)29)15-11-24-28(13-15)12-14-6-2-1-3-7-14/h1-11,13,25H,12H2,(H,27,29). The van der Waals surface area contributed by atoms with Crippen LogP contribution in [0.15, 0.2) is 77.9 Å². The summed E-state index contributed by atoms with van der Waals surface area (Å²) in [4.78, 5) is 15.7. The predicted octanol–water partition coefficient (Wildman–Crippen LogP) is 2.62. The summed E-state index contributed by atoms with van der Waals surface area (Å²) in [5.41, 5.74) is 4.75. The zero-order chi connectivity index (χ0) is 19.8. The number of nitrogens with one attached hydrogen (secondary N) is 2. The molecule has 3 heterocycles. The highest BCUT2D eigenvalue weighted by atomic mass is 16.1. The molecule has 2 radical (unpaired) electrons. The second-order valence-electron chi connectivity index (χ2n) is 6.87. The predicted molar refractivity (Wildman–Crippen MR) is 114 cm³/mol. The third-order valence-corrected chi connectivity index (χ3v) is 4.94. The first kappa shape index (κ1) is 17.2. The van der Waals surface area contributed by atoms with Crippen molar-refractivity contribution in [1.29, 1.82) is 0 Å². The summed E-state index contributed by atoms with van der Waals surface area (Å²) < 4.78 is 1.84. The summed E-state index contributed by atoms with van der Waals surface area (Å²) >= 11 is 0. The lowest BCUT2D eigenvalue weighted by Gasteiger charge is -2.03. The van der Waals surface area contributed by atoms with Crippen molar-refractivity contribution < 1.29 is 0 Å². The minimum atomic E-state index is -0.302.